The summed E-state index contributed by atoms with van der Waals surface area (Å²) in [4.78, 5) is 16.8. The second-order valence-electron chi connectivity index (χ2n) is 5.52. The van der Waals surface area contributed by atoms with Gasteiger partial charge in [-0.3, -0.25) is 4.79 Å². The van der Waals surface area contributed by atoms with E-state index in [0.717, 1.165) is 9.87 Å². The Kier molecular flexibility index (Phi) is 2.83. The van der Waals surface area contributed by atoms with Gasteiger partial charge >= 0.3 is 0 Å². The fourth-order valence-corrected chi connectivity index (χ4v) is 4.31. The lowest BCUT2D eigenvalue weighted by atomic mass is 10.2. The Labute approximate surface area is 133 Å². The van der Waals surface area contributed by atoms with Crippen molar-refractivity contribution < 1.29 is 13.2 Å². The Morgan fingerprint density at radius 2 is 1.87 bits per heavy atom. The lowest BCUT2D eigenvalue weighted by Gasteiger charge is -2.13. The van der Waals surface area contributed by atoms with Gasteiger partial charge in [-0.15, -0.1) is 0 Å². The van der Waals surface area contributed by atoms with Crippen LogP contribution in [-0.4, -0.2) is 28.0 Å². The average molecular weight is 327 g/mol. The number of imidazole rings is 1. The first-order chi connectivity index (χ1) is 11.0. The van der Waals surface area contributed by atoms with Crippen molar-refractivity contribution in [1.82, 2.24) is 13.7 Å². The molecule has 0 atom stereocenters. The Bertz CT molecular complexity index is 1050. The molecule has 1 aliphatic heterocycles. The average Bonchev–Trinajstić information content (AvgIpc) is 3.00. The van der Waals surface area contributed by atoms with Crippen LogP contribution in [0.4, 0.5) is 0 Å². The highest BCUT2D eigenvalue weighted by molar-refractivity contribution is 7.90. The van der Waals surface area contributed by atoms with Crippen molar-refractivity contribution in [3.05, 3.63) is 65.6 Å². The summed E-state index contributed by atoms with van der Waals surface area (Å²) in [5.41, 5.74) is 2.53. The van der Waals surface area contributed by atoms with Crippen molar-refractivity contribution >= 4 is 21.6 Å². The molecule has 3 aromatic rings. The van der Waals surface area contributed by atoms with Crippen molar-refractivity contribution in [3.63, 3.8) is 0 Å². The Morgan fingerprint density at radius 3 is 2.65 bits per heavy atom. The number of carbonyl (C=O) groups excluding carboxylic acids is 1. The van der Waals surface area contributed by atoms with E-state index in [1.54, 1.807) is 18.3 Å². The summed E-state index contributed by atoms with van der Waals surface area (Å²) in [5.74, 6) is -0.506. The lowest BCUT2D eigenvalue weighted by Crippen LogP contribution is -2.29. The molecule has 23 heavy (non-hydrogen) atoms. The molecule has 0 aliphatic carbocycles. The highest BCUT2D eigenvalue weighted by atomic mass is 32.2. The minimum absolute atomic E-state index is 0.0598. The predicted octanol–water partition coefficient (Wildman–Crippen LogP) is 1.99. The van der Waals surface area contributed by atoms with Gasteiger partial charge in [-0.25, -0.2) is 17.7 Å². The highest BCUT2D eigenvalue weighted by Gasteiger charge is 2.41. The van der Waals surface area contributed by atoms with Gasteiger partial charge in [0, 0.05) is 12.4 Å². The molecule has 1 aliphatic rings. The number of hydrogen-bond acceptors (Lipinski definition) is 4. The van der Waals surface area contributed by atoms with E-state index in [2.05, 4.69) is 4.98 Å². The van der Waals surface area contributed by atoms with E-state index in [0.29, 0.717) is 11.3 Å². The molecule has 6 nitrogen and oxygen atoms in total. The Balaban J connectivity index is 1.75. The van der Waals surface area contributed by atoms with Crippen molar-refractivity contribution in [2.45, 2.75) is 18.4 Å². The number of rotatable bonds is 2. The van der Waals surface area contributed by atoms with Gasteiger partial charge < -0.3 is 4.40 Å². The SMILES string of the molecule is Cc1ccc2nc(CN3C(=O)c4ccccc4S3(=O)=O)cn2c1. The van der Waals surface area contributed by atoms with Crippen LogP contribution in [0, 0.1) is 6.92 Å². The minimum Gasteiger partial charge on any atom is -0.306 e. The summed E-state index contributed by atoms with van der Waals surface area (Å²) >= 11 is 0. The first kappa shape index (κ1) is 14.0. The zero-order chi connectivity index (χ0) is 16.2. The number of aromatic nitrogens is 2. The largest absolute Gasteiger partial charge is 0.306 e. The Morgan fingerprint density at radius 1 is 1.09 bits per heavy atom. The van der Waals surface area contributed by atoms with Crippen LogP contribution in [0.2, 0.25) is 0 Å². The van der Waals surface area contributed by atoms with Crippen LogP contribution in [0.15, 0.2) is 53.7 Å². The van der Waals surface area contributed by atoms with Gasteiger partial charge in [-0.2, -0.15) is 0 Å². The van der Waals surface area contributed by atoms with Crippen molar-refractivity contribution in [2.75, 3.05) is 0 Å². The minimum atomic E-state index is -3.80. The molecule has 1 aromatic carbocycles. The molecule has 7 heteroatoms. The van der Waals surface area contributed by atoms with Crippen LogP contribution in [0.25, 0.3) is 5.65 Å². The molecule has 2 aromatic heterocycles. The molecule has 0 saturated carbocycles. The molecule has 0 fully saturated rings. The van der Waals surface area contributed by atoms with E-state index in [-0.39, 0.29) is 17.0 Å². The van der Waals surface area contributed by atoms with E-state index < -0.39 is 15.9 Å². The molecular formula is C16H13N3O3S. The smallest absolute Gasteiger partial charge is 0.269 e. The van der Waals surface area contributed by atoms with Gasteiger partial charge in [-0.1, -0.05) is 18.2 Å². The van der Waals surface area contributed by atoms with Gasteiger partial charge in [0.15, 0.2) is 0 Å². The van der Waals surface area contributed by atoms with Crippen molar-refractivity contribution in [1.29, 1.82) is 0 Å². The van der Waals surface area contributed by atoms with Gasteiger partial charge in [0.05, 0.1) is 17.8 Å². The maximum Gasteiger partial charge on any atom is 0.269 e. The number of hydrogen-bond donors (Lipinski definition) is 0. The normalized spacial score (nSPS) is 16.0. The van der Waals surface area contributed by atoms with E-state index >= 15 is 0 Å². The maximum atomic E-state index is 12.5. The second-order valence-corrected chi connectivity index (χ2v) is 7.35. The molecule has 0 unspecified atom stereocenters. The van der Waals surface area contributed by atoms with Crippen molar-refractivity contribution in [3.8, 4) is 0 Å². The number of amides is 1. The number of aryl methyl sites for hydroxylation is 1. The number of pyridine rings is 1. The van der Waals surface area contributed by atoms with Crippen LogP contribution < -0.4 is 0 Å². The monoisotopic (exact) mass is 327 g/mol. The maximum absolute atomic E-state index is 12.5. The molecule has 116 valence electrons. The van der Waals surface area contributed by atoms with Crippen molar-refractivity contribution in [2.24, 2.45) is 0 Å². The van der Waals surface area contributed by atoms with Crippen LogP contribution in [0.3, 0.4) is 0 Å². The second kappa shape index (κ2) is 4.66. The van der Waals surface area contributed by atoms with Gasteiger partial charge in [-0.05, 0) is 30.7 Å². The molecule has 0 bridgehead atoms. The van der Waals surface area contributed by atoms with Crippen LogP contribution in [0.1, 0.15) is 21.6 Å². The molecule has 0 radical (unpaired) electrons. The van der Waals surface area contributed by atoms with Gasteiger partial charge in [0.2, 0.25) is 0 Å². The summed E-state index contributed by atoms with van der Waals surface area (Å²) in [5, 5.41) is 0. The molecular weight excluding hydrogens is 314 g/mol. The first-order valence-electron chi connectivity index (χ1n) is 7.07. The van der Waals surface area contributed by atoms with E-state index in [1.165, 1.54) is 12.1 Å². The lowest BCUT2D eigenvalue weighted by molar-refractivity contribution is 0.0864. The zero-order valence-corrected chi connectivity index (χ0v) is 13.1. The highest BCUT2D eigenvalue weighted by Crippen LogP contribution is 2.31. The van der Waals surface area contributed by atoms with Gasteiger partial charge in [0.25, 0.3) is 15.9 Å². The van der Waals surface area contributed by atoms with Crippen LogP contribution in [0.5, 0.6) is 0 Å². The topological polar surface area (TPSA) is 71.8 Å². The third-order valence-corrected chi connectivity index (χ3v) is 5.65. The molecule has 3 heterocycles. The summed E-state index contributed by atoms with van der Waals surface area (Å²) in [7, 11) is -3.80. The van der Waals surface area contributed by atoms with Crippen LogP contribution >= 0.6 is 0 Å². The summed E-state index contributed by atoms with van der Waals surface area (Å²) in [6, 6.07) is 10.0. The van der Waals surface area contributed by atoms with E-state index in [4.69, 9.17) is 0 Å². The quantitative estimate of drug-likeness (QED) is 0.721. The zero-order valence-electron chi connectivity index (χ0n) is 12.3. The predicted molar refractivity (Wildman–Crippen MR) is 83.4 cm³/mol. The molecule has 0 saturated heterocycles. The fraction of sp³-hybridized carbons (Fsp3) is 0.125. The first-order valence-corrected chi connectivity index (χ1v) is 8.51. The summed E-state index contributed by atoms with van der Waals surface area (Å²) in [6.07, 6.45) is 3.65. The standard InChI is InChI=1S/C16H13N3O3S/c1-11-6-7-15-17-12(9-18(15)8-11)10-19-16(20)13-4-2-3-5-14(13)23(19,21)22/h2-9H,10H2,1H3. The number of nitrogens with zero attached hydrogens (tertiary/aromatic N) is 3. The Hall–Kier alpha value is -2.67. The summed E-state index contributed by atoms with van der Waals surface area (Å²) in [6.45, 7) is 1.89. The van der Waals surface area contributed by atoms with Crippen LogP contribution in [-0.2, 0) is 16.6 Å². The number of benzene rings is 1. The fourth-order valence-electron chi connectivity index (χ4n) is 2.77. The number of carbonyl (C=O) groups is 1. The number of fused-ring (bicyclic) bond motifs is 2. The van der Waals surface area contributed by atoms with Gasteiger partial charge in [0.1, 0.15) is 10.5 Å². The number of sulfonamides is 1. The molecule has 0 spiro atoms. The third kappa shape index (κ3) is 2.04. The molecule has 1 amide bonds. The molecule has 4 rings (SSSR count). The third-order valence-electron chi connectivity index (χ3n) is 3.87. The summed E-state index contributed by atoms with van der Waals surface area (Å²) < 4.78 is 27.8. The molecule has 0 N–H and O–H groups in total. The van der Waals surface area contributed by atoms with E-state index in [9.17, 15) is 13.2 Å². The van der Waals surface area contributed by atoms with E-state index in [1.807, 2.05) is 29.7 Å².